The maximum absolute atomic E-state index is 12.1. The molecule has 0 N–H and O–H groups in total. The quantitative estimate of drug-likeness (QED) is 0.782. The van der Waals surface area contributed by atoms with Gasteiger partial charge in [-0.3, -0.25) is 0 Å². The molecule has 2 aliphatic rings. The van der Waals surface area contributed by atoms with Crippen molar-refractivity contribution in [2.24, 2.45) is 11.3 Å². The predicted octanol–water partition coefficient (Wildman–Crippen LogP) is 2.81. The second-order valence-electron chi connectivity index (χ2n) is 6.00. The lowest BCUT2D eigenvalue weighted by atomic mass is 9.57. The van der Waals surface area contributed by atoms with Crippen LogP contribution >= 0.6 is 11.3 Å². The molecule has 3 rings (SSSR count). The van der Waals surface area contributed by atoms with Crippen LogP contribution in [0.15, 0.2) is 5.38 Å². The van der Waals surface area contributed by atoms with Crippen LogP contribution in [0.3, 0.4) is 0 Å². The number of aryl methyl sites for hydroxylation is 1. The number of aromatic nitrogens is 1. The van der Waals surface area contributed by atoms with Crippen molar-refractivity contribution in [3.63, 3.8) is 0 Å². The van der Waals surface area contributed by atoms with Gasteiger partial charge in [0.25, 0.3) is 0 Å². The molecule has 2 fully saturated rings. The maximum atomic E-state index is 12.1. The Morgan fingerprint density at radius 3 is 3.05 bits per heavy atom. The molecular weight excluding hydrogens is 262 g/mol. The molecule has 1 aromatic heterocycles. The molecule has 0 bridgehead atoms. The first-order valence-corrected chi connectivity index (χ1v) is 7.63. The molecule has 4 nitrogen and oxygen atoms in total. The highest BCUT2D eigenvalue weighted by molar-refractivity contribution is 7.09. The molecule has 0 amide bonds. The average Bonchev–Trinajstić information content (AvgIpc) is 2.82. The highest BCUT2D eigenvalue weighted by Crippen LogP contribution is 2.53. The van der Waals surface area contributed by atoms with Gasteiger partial charge in [-0.1, -0.05) is 13.8 Å². The summed E-state index contributed by atoms with van der Waals surface area (Å²) in [4.78, 5) is 16.3. The number of carbonyl (C=O) groups excluding carboxylic acids is 1. The summed E-state index contributed by atoms with van der Waals surface area (Å²) in [5.41, 5.74) is 0.338. The first-order valence-electron chi connectivity index (χ1n) is 6.75. The number of esters is 1. The smallest absolute Gasteiger partial charge is 0.358 e. The number of thiazole rings is 1. The molecule has 3 atom stereocenters. The van der Waals surface area contributed by atoms with Crippen LogP contribution in [0.2, 0.25) is 0 Å². The van der Waals surface area contributed by atoms with Crippen LogP contribution in [0, 0.1) is 18.3 Å². The van der Waals surface area contributed by atoms with Crippen molar-refractivity contribution in [3.8, 4) is 0 Å². The lowest BCUT2D eigenvalue weighted by Crippen LogP contribution is -2.65. The Bertz CT molecular complexity index is 497. The topological polar surface area (TPSA) is 48.4 Å². The molecule has 1 saturated heterocycles. The number of ether oxygens (including phenoxy) is 2. The van der Waals surface area contributed by atoms with Gasteiger partial charge in [0.05, 0.1) is 11.1 Å². The Kier molecular flexibility index (Phi) is 3.14. The fourth-order valence-corrected chi connectivity index (χ4v) is 3.93. The molecule has 5 heteroatoms. The first kappa shape index (κ1) is 13.1. The van der Waals surface area contributed by atoms with Gasteiger partial charge in [0.2, 0.25) is 0 Å². The Morgan fingerprint density at radius 2 is 2.37 bits per heavy atom. The highest BCUT2D eigenvalue weighted by Gasteiger charge is 2.60. The standard InChI is InChI=1S/C14H19NO3S/c1-8-15-10(7-19-8)13(16)18-12-9-5-4-6-17-11(9)14(12,2)3/h7,9,11-12H,4-6H2,1-3H3. The minimum Gasteiger partial charge on any atom is -0.457 e. The molecule has 104 valence electrons. The number of fused-ring (bicyclic) bond motifs is 1. The Hall–Kier alpha value is -0.940. The molecule has 0 aromatic carbocycles. The zero-order valence-electron chi connectivity index (χ0n) is 11.5. The summed E-state index contributed by atoms with van der Waals surface area (Å²) in [6.07, 6.45) is 2.33. The Labute approximate surface area is 117 Å². The number of rotatable bonds is 2. The maximum Gasteiger partial charge on any atom is 0.358 e. The van der Waals surface area contributed by atoms with E-state index in [2.05, 4.69) is 18.8 Å². The predicted molar refractivity (Wildman–Crippen MR) is 72.3 cm³/mol. The molecule has 2 heterocycles. The van der Waals surface area contributed by atoms with Crippen molar-refractivity contribution in [3.05, 3.63) is 16.1 Å². The lowest BCUT2D eigenvalue weighted by Gasteiger charge is -2.58. The van der Waals surface area contributed by atoms with Gasteiger partial charge in [0.15, 0.2) is 5.69 Å². The summed E-state index contributed by atoms with van der Waals surface area (Å²) < 4.78 is 11.5. The van der Waals surface area contributed by atoms with Crippen LogP contribution in [-0.4, -0.2) is 29.8 Å². The largest absolute Gasteiger partial charge is 0.457 e. The summed E-state index contributed by atoms with van der Waals surface area (Å²) in [5, 5.41) is 2.65. The minimum absolute atomic E-state index is 0.0488. The number of carbonyl (C=O) groups is 1. The van der Waals surface area contributed by atoms with Crippen LogP contribution in [-0.2, 0) is 9.47 Å². The van der Waals surface area contributed by atoms with Crippen molar-refractivity contribution in [1.29, 1.82) is 0 Å². The molecular formula is C14H19NO3S. The van der Waals surface area contributed by atoms with Crippen LogP contribution in [0.5, 0.6) is 0 Å². The summed E-state index contributed by atoms with van der Waals surface area (Å²) in [6.45, 7) is 6.95. The van der Waals surface area contributed by atoms with Crippen molar-refractivity contribution in [2.45, 2.75) is 45.8 Å². The molecule has 3 unspecified atom stereocenters. The average molecular weight is 281 g/mol. The number of hydrogen-bond donors (Lipinski definition) is 0. The second-order valence-corrected chi connectivity index (χ2v) is 7.06. The van der Waals surface area contributed by atoms with E-state index in [4.69, 9.17) is 9.47 Å². The van der Waals surface area contributed by atoms with Gasteiger partial charge in [-0.05, 0) is 19.8 Å². The number of hydrogen-bond acceptors (Lipinski definition) is 5. The van der Waals surface area contributed by atoms with Gasteiger partial charge < -0.3 is 9.47 Å². The fraction of sp³-hybridized carbons (Fsp3) is 0.714. The monoisotopic (exact) mass is 281 g/mol. The molecule has 19 heavy (non-hydrogen) atoms. The molecule has 1 aliphatic carbocycles. The summed E-state index contributed by atoms with van der Waals surface area (Å²) in [7, 11) is 0. The van der Waals surface area contributed by atoms with Crippen LogP contribution < -0.4 is 0 Å². The van der Waals surface area contributed by atoms with Gasteiger partial charge in [-0.15, -0.1) is 11.3 Å². The van der Waals surface area contributed by atoms with Gasteiger partial charge in [-0.25, -0.2) is 9.78 Å². The first-order chi connectivity index (χ1) is 9.00. The van der Waals surface area contributed by atoms with Crippen LogP contribution in [0.1, 0.15) is 42.2 Å². The molecule has 1 saturated carbocycles. The second kappa shape index (κ2) is 4.56. The highest BCUT2D eigenvalue weighted by atomic mass is 32.1. The summed E-state index contributed by atoms with van der Waals surface area (Å²) in [5.74, 6) is 0.0545. The van der Waals surface area contributed by atoms with E-state index in [0.717, 1.165) is 24.5 Å². The van der Waals surface area contributed by atoms with Gasteiger partial charge in [-0.2, -0.15) is 0 Å². The molecule has 1 aliphatic heterocycles. The van der Waals surface area contributed by atoms with Crippen LogP contribution in [0.25, 0.3) is 0 Å². The zero-order chi connectivity index (χ0) is 13.6. The van der Waals surface area contributed by atoms with E-state index in [0.29, 0.717) is 11.6 Å². The lowest BCUT2D eigenvalue weighted by molar-refractivity contribution is -0.243. The van der Waals surface area contributed by atoms with Gasteiger partial charge in [0, 0.05) is 23.3 Å². The Morgan fingerprint density at radius 1 is 1.58 bits per heavy atom. The Balaban J connectivity index is 1.71. The minimum atomic E-state index is -0.300. The van der Waals surface area contributed by atoms with E-state index in [1.54, 1.807) is 5.38 Å². The van der Waals surface area contributed by atoms with Crippen molar-refractivity contribution >= 4 is 17.3 Å². The molecule has 0 spiro atoms. The van der Waals surface area contributed by atoms with Crippen molar-refractivity contribution in [2.75, 3.05) is 6.61 Å². The molecule has 0 radical (unpaired) electrons. The molecule has 1 aromatic rings. The third-order valence-electron chi connectivity index (χ3n) is 4.29. The van der Waals surface area contributed by atoms with Gasteiger partial charge in [0.1, 0.15) is 6.10 Å². The summed E-state index contributed by atoms with van der Waals surface area (Å²) >= 11 is 1.47. The zero-order valence-corrected chi connectivity index (χ0v) is 12.3. The normalized spacial score (nSPS) is 32.3. The summed E-state index contributed by atoms with van der Waals surface area (Å²) in [6, 6.07) is 0. The number of nitrogens with zero attached hydrogens (tertiary/aromatic N) is 1. The SMILES string of the molecule is Cc1nc(C(=O)OC2C3CCCOC3C2(C)C)cs1. The van der Waals surface area contributed by atoms with Crippen molar-refractivity contribution < 1.29 is 14.3 Å². The van der Waals surface area contributed by atoms with E-state index in [1.165, 1.54) is 11.3 Å². The van der Waals surface area contributed by atoms with E-state index in [-0.39, 0.29) is 23.6 Å². The van der Waals surface area contributed by atoms with Crippen molar-refractivity contribution in [1.82, 2.24) is 4.98 Å². The fourth-order valence-electron chi connectivity index (χ4n) is 3.35. The van der Waals surface area contributed by atoms with E-state index in [9.17, 15) is 4.79 Å². The van der Waals surface area contributed by atoms with E-state index >= 15 is 0 Å². The third kappa shape index (κ3) is 2.09. The third-order valence-corrected chi connectivity index (χ3v) is 5.06. The van der Waals surface area contributed by atoms with E-state index in [1.807, 2.05) is 6.92 Å². The van der Waals surface area contributed by atoms with E-state index < -0.39 is 0 Å². The van der Waals surface area contributed by atoms with Gasteiger partial charge >= 0.3 is 5.97 Å². The van der Waals surface area contributed by atoms with Crippen LogP contribution in [0.4, 0.5) is 0 Å².